The molecule has 31 heavy (non-hydrogen) atoms. The predicted molar refractivity (Wildman–Crippen MR) is 138 cm³/mol. The van der Waals surface area contributed by atoms with Crippen molar-refractivity contribution in [2.75, 3.05) is 0 Å². The Morgan fingerprint density at radius 3 is 1.48 bits per heavy atom. The summed E-state index contributed by atoms with van der Waals surface area (Å²) in [5, 5.41) is 0. The van der Waals surface area contributed by atoms with Gasteiger partial charge in [-0.25, -0.2) is 9.13 Å². The minimum atomic E-state index is 0.609. The summed E-state index contributed by atoms with van der Waals surface area (Å²) in [6.45, 7) is 11.7. The van der Waals surface area contributed by atoms with Crippen LogP contribution in [0.5, 0.6) is 0 Å². The number of hydrogen-bond acceptors (Lipinski definition) is 0. The maximum Gasteiger partial charge on any atom is 0.258 e. The Labute approximate surface area is 196 Å². The summed E-state index contributed by atoms with van der Waals surface area (Å²) in [6.07, 6.45) is 31.6. The molecule has 0 aliphatic rings. The number of nitrogens with zero attached hydrogens (tertiary/aromatic N) is 2. The number of hydrogen-bond donors (Lipinski definition) is 0. The summed E-state index contributed by atoms with van der Waals surface area (Å²) in [7, 11) is 0. The lowest BCUT2D eigenvalue weighted by Crippen LogP contribution is -2.38. The summed E-state index contributed by atoms with van der Waals surface area (Å²) in [5.41, 5.74) is 0. The molecule has 0 saturated heterocycles. The Morgan fingerprint density at radius 1 is 0.613 bits per heavy atom. The first kappa shape index (κ1) is 28.2. The first-order valence-corrected chi connectivity index (χ1v) is 14.3. The van der Waals surface area contributed by atoms with Gasteiger partial charge in [0.05, 0.1) is 19.0 Å². The van der Waals surface area contributed by atoms with Gasteiger partial charge in [0.2, 0.25) is 0 Å². The lowest BCUT2D eigenvalue weighted by Gasteiger charge is -2.08. The van der Waals surface area contributed by atoms with E-state index < -0.39 is 0 Å². The molecular formula is C29H57N2+. The van der Waals surface area contributed by atoms with E-state index in [9.17, 15) is 0 Å². The maximum atomic E-state index is 2.54. The van der Waals surface area contributed by atoms with Crippen LogP contribution in [-0.2, 0) is 13.1 Å². The van der Waals surface area contributed by atoms with Crippen molar-refractivity contribution in [3.8, 4) is 0 Å². The number of rotatable bonds is 22. The summed E-state index contributed by atoms with van der Waals surface area (Å²) in [6, 6.07) is 0. The van der Waals surface area contributed by atoms with Crippen LogP contribution in [0.2, 0.25) is 0 Å². The van der Waals surface area contributed by atoms with Crippen LogP contribution in [-0.4, -0.2) is 4.57 Å². The zero-order chi connectivity index (χ0) is 22.6. The summed E-state index contributed by atoms with van der Waals surface area (Å²) in [5.74, 6) is 2.14. The minimum Gasteiger partial charge on any atom is -0.234 e. The normalized spacial score (nSPS) is 11.6. The molecule has 0 amide bonds. The molecular weight excluding hydrogens is 376 g/mol. The highest BCUT2D eigenvalue weighted by atomic mass is 15.1. The van der Waals surface area contributed by atoms with Crippen LogP contribution < -0.4 is 4.57 Å². The second-order valence-electron chi connectivity index (χ2n) is 10.2. The molecule has 0 aliphatic heterocycles. The highest BCUT2D eigenvalue weighted by molar-refractivity contribution is 4.89. The van der Waals surface area contributed by atoms with Gasteiger partial charge in [-0.15, -0.1) is 0 Å². The van der Waals surface area contributed by atoms with Crippen LogP contribution in [0.4, 0.5) is 0 Å². The fraction of sp³-hybridized carbons (Fsp3) is 0.897. The van der Waals surface area contributed by atoms with Gasteiger partial charge in [0.1, 0.15) is 12.4 Å². The van der Waals surface area contributed by atoms with Gasteiger partial charge in [0.15, 0.2) is 0 Å². The van der Waals surface area contributed by atoms with E-state index >= 15 is 0 Å². The molecule has 0 spiro atoms. The second kappa shape index (κ2) is 19.9. The molecule has 1 aromatic heterocycles. The molecule has 1 rings (SSSR count). The van der Waals surface area contributed by atoms with Gasteiger partial charge < -0.3 is 0 Å². The van der Waals surface area contributed by atoms with Gasteiger partial charge in [-0.3, -0.25) is 0 Å². The quantitative estimate of drug-likeness (QED) is 0.127. The molecule has 2 heteroatoms. The molecule has 0 saturated carbocycles. The van der Waals surface area contributed by atoms with Gasteiger partial charge in [-0.2, -0.15) is 0 Å². The minimum absolute atomic E-state index is 0.609. The highest BCUT2D eigenvalue weighted by Gasteiger charge is 2.19. The molecule has 1 aromatic rings. The third kappa shape index (κ3) is 14.1. The van der Waals surface area contributed by atoms with Gasteiger partial charge in [-0.1, -0.05) is 124 Å². The average molecular weight is 434 g/mol. The molecule has 0 unspecified atom stereocenters. The van der Waals surface area contributed by atoms with E-state index in [2.05, 4.69) is 49.2 Å². The Balaban J connectivity index is 2.07. The summed E-state index contributed by atoms with van der Waals surface area (Å²) >= 11 is 0. The van der Waals surface area contributed by atoms with E-state index in [4.69, 9.17) is 0 Å². The molecule has 0 radical (unpaired) electrons. The van der Waals surface area contributed by atoms with Gasteiger partial charge in [0.25, 0.3) is 5.82 Å². The van der Waals surface area contributed by atoms with Gasteiger partial charge in [-0.05, 0) is 25.7 Å². The van der Waals surface area contributed by atoms with Crippen molar-refractivity contribution in [2.45, 2.75) is 169 Å². The fourth-order valence-corrected chi connectivity index (χ4v) is 4.88. The molecule has 2 nitrogen and oxygen atoms in total. The average Bonchev–Trinajstić information content (AvgIpc) is 3.17. The highest BCUT2D eigenvalue weighted by Crippen LogP contribution is 2.15. The first-order valence-electron chi connectivity index (χ1n) is 14.3. The van der Waals surface area contributed by atoms with Crippen molar-refractivity contribution in [2.24, 2.45) is 0 Å². The molecule has 0 atom stereocenters. The predicted octanol–water partition coefficient (Wildman–Crippen LogP) is 9.35. The van der Waals surface area contributed by atoms with Crippen molar-refractivity contribution >= 4 is 0 Å². The van der Waals surface area contributed by atoms with Crippen LogP contribution in [0.15, 0.2) is 12.4 Å². The number of unbranched alkanes of at least 4 members (excludes halogenated alkanes) is 17. The monoisotopic (exact) mass is 433 g/mol. The Bertz CT molecular complexity index is 503. The number of aryl methyl sites for hydroxylation is 2. The third-order valence-electron chi connectivity index (χ3n) is 6.79. The van der Waals surface area contributed by atoms with E-state index in [1.165, 1.54) is 141 Å². The largest absolute Gasteiger partial charge is 0.258 e. The SMILES string of the molecule is CCCCCCCCCCCCCCCCn1cc[n+](CCCCCCC)c1C(C)C. The number of imidazole rings is 1. The molecule has 0 aliphatic carbocycles. The lowest BCUT2D eigenvalue weighted by atomic mass is 10.0. The van der Waals surface area contributed by atoms with E-state index in [0.29, 0.717) is 5.92 Å². The fourth-order valence-electron chi connectivity index (χ4n) is 4.88. The van der Waals surface area contributed by atoms with Crippen LogP contribution in [0, 0.1) is 0 Å². The summed E-state index contributed by atoms with van der Waals surface area (Å²) < 4.78 is 5.07. The smallest absolute Gasteiger partial charge is 0.234 e. The Kier molecular flexibility index (Phi) is 18.1. The van der Waals surface area contributed by atoms with Crippen molar-refractivity contribution in [1.29, 1.82) is 0 Å². The zero-order valence-corrected chi connectivity index (χ0v) is 22.0. The summed E-state index contributed by atoms with van der Waals surface area (Å²) in [4.78, 5) is 0. The van der Waals surface area contributed by atoms with Crippen molar-refractivity contribution in [3.63, 3.8) is 0 Å². The lowest BCUT2D eigenvalue weighted by molar-refractivity contribution is -0.705. The zero-order valence-electron chi connectivity index (χ0n) is 22.0. The van der Waals surface area contributed by atoms with E-state index in [0.717, 1.165) is 0 Å². The topological polar surface area (TPSA) is 8.81 Å². The van der Waals surface area contributed by atoms with Crippen molar-refractivity contribution < 1.29 is 4.57 Å². The van der Waals surface area contributed by atoms with Gasteiger partial charge >= 0.3 is 0 Å². The standard InChI is InChI=1S/C29H57N2/c1-5-7-9-11-12-13-14-15-16-17-18-19-21-23-25-31-27-26-30(29(31)28(3)4)24-22-20-10-8-6-2/h26-28H,5-25H2,1-4H3/q+1. The molecule has 0 aromatic carbocycles. The Hall–Kier alpha value is -0.790. The van der Waals surface area contributed by atoms with E-state index in [1.54, 1.807) is 0 Å². The molecule has 1 heterocycles. The van der Waals surface area contributed by atoms with E-state index in [1.807, 2.05) is 0 Å². The second-order valence-corrected chi connectivity index (χ2v) is 10.2. The van der Waals surface area contributed by atoms with Crippen LogP contribution in [0.25, 0.3) is 0 Å². The van der Waals surface area contributed by atoms with Crippen molar-refractivity contribution in [1.82, 2.24) is 4.57 Å². The molecule has 0 fully saturated rings. The van der Waals surface area contributed by atoms with Crippen molar-refractivity contribution in [3.05, 3.63) is 18.2 Å². The van der Waals surface area contributed by atoms with Crippen LogP contribution in [0.1, 0.15) is 161 Å². The number of aromatic nitrogens is 2. The third-order valence-corrected chi connectivity index (χ3v) is 6.79. The van der Waals surface area contributed by atoms with Gasteiger partial charge in [0, 0.05) is 0 Å². The maximum absolute atomic E-state index is 2.54. The van der Waals surface area contributed by atoms with Crippen LogP contribution >= 0.6 is 0 Å². The first-order chi connectivity index (χ1) is 15.2. The molecule has 0 N–H and O–H groups in total. The van der Waals surface area contributed by atoms with Crippen LogP contribution in [0.3, 0.4) is 0 Å². The molecule has 0 bridgehead atoms. The molecule has 182 valence electrons. The Morgan fingerprint density at radius 2 is 1.03 bits per heavy atom. The van der Waals surface area contributed by atoms with E-state index in [-0.39, 0.29) is 0 Å².